The lowest BCUT2D eigenvalue weighted by Gasteiger charge is -2.12. The van der Waals surface area contributed by atoms with Crippen molar-refractivity contribution in [3.63, 3.8) is 0 Å². The van der Waals surface area contributed by atoms with Gasteiger partial charge in [-0.25, -0.2) is 18.0 Å². The molecule has 0 spiro atoms. The third-order valence-corrected chi connectivity index (χ3v) is 4.43. The number of aromatic nitrogens is 1. The molecular formula is C20H18F3NO4. The fourth-order valence-corrected chi connectivity index (χ4v) is 3.09. The van der Waals surface area contributed by atoms with Crippen molar-refractivity contribution in [1.82, 2.24) is 4.98 Å². The molecule has 0 fully saturated rings. The second kappa shape index (κ2) is 7.84. The molecule has 28 heavy (non-hydrogen) atoms. The van der Waals surface area contributed by atoms with Crippen LogP contribution < -0.4 is 9.47 Å². The van der Waals surface area contributed by atoms with E-state index in [1.807, 2.05) is 0 Å². The highest BCUT2D eigenvalue weighted by Gasteiger charge is 2.29. The molecule has 1 aromatic heterocycles. The van der Waals surface area contributed by atoms with E-state index >= 15 is 0 Å². The molecular weight excluding hydrogens is 375 g/mol. The number of carbonyl (C=O) groups is 1. The third-order valence-electron chi connectivity index (χ3n) is 4.43. The summed E-state index contributed by atoms with van der Waals surface area (Å²) in [5.41, 5.74) is 0.923. The first kappa shape index (κ1) is 19.6. The third kappa shape index (κ3) is 3.37. The van der Waals surface area contributed by atoms with Gasteiger partial charge in [-0.3, -0.25) is 0 Å². The van der Waals surface area contributed by atoms with Crippen LogP contribution >= 0.6 is 0 Å². The maximum atomic E-state index is 14.6. The lowest BCUT2D eigenvalue weighted by molar-refractivity contribution is 0.0506. The summed E-state index contributed by atoms with van der Waals surface area (Å²) < 4.78 is 56.2. The average molecular weight is 393 g/mol. The molecule has 0 aliphatic rings. The smallest absolute Gasteiger partial charge is 0.337 e. The number of fused-ring (bicyclic) bond motifs is 1. The van der Waals surface area contributed by atoms with E-state index in [1.54, 1.807) is 18.2 Å². The number of methoxy groups -OCH3 is 3. The fourth-order valence-electron chi connectivity index (χ4n) is 3.09. The molecule has 0 bridgehead atoms. The summed E-state index contributed by atoms with van der Waals surface area (Å²) in [6, 6.07) is 9.10. The van der Waals surface area contributed by atoms with E-state index in [0.29, 0.717) is 22.6 Å². The molecule has 3 rings (SSSR count). The van der Waals surface area contributed by atoms with E-state index in [9.17, 15) is 18.0 Å². The molecule has 0 amide bonds. The Kier molecular flexibility index (Phi) is 5.48. The molecule has 0 saturated heterocycles. The van der Waals surface area contributed by atoms with Gasteiger partial charge in [-0.1, -0.05) is 0 Å². The zero-order chi connectivity index (χ0) is 20.4. The average Bonchev–Trinajstić information content (AvgIpc) is 3.10. The molecule has 1 heterocycles. The number of nitrogens with one attached hydrogen (secondary N) is 1. The van der Waals surface area contributed by atoms with Gasteiger partial charge >= 0.3 is 5.97 Å². The monoisotopic (exact) mass is 393 g/mol. The summed E-state index contributed by atoms with van der Waals surface area (Å²) in [6.45, 7) is 0. The Morgan fingerprint density at radius 1 is 0.964 bits per heavy atom. The molecule has 148 valence electrons. The molecule has 1 atom stereocenters. The predicted molar refractivity (Wildman–Crippen MR) is 98.0 cm³/mol. The van der Waals surface area contributed by atoms with Crippen LogP contribution in [0, 0.1) is 0 Å². The lowest BCUT2D eigenvalue weighted by Crippen LogP contribution is -2.05. The number of halogens is 3. The highest BCUT2D eigenvalue weighted by Crippen LogP contribution is 2.41. The molecule has 0 saturated carbocycles. The van der Waals surface area contributed by atoms with Gasteiger partial charge in [0.2, 0.25) is 0 Å². The Balaban J connectivity index is 2.27. The number of esters is 1. The van der Waals surface area contributed by atoms with Crippen LogP contribution in [-0.4, -0.2) is 38.7 Å². The van der Waals surface area contributed by atoms with E-state index in [0.717, 1.165) is 0 Å². The maximum absolute atomic E-state index is 14.6. The first-order chi connectivity index (χ1) is 13.4. The Labute approximate surface area is 159 Å². The van der Waals surface area contributed by atoms with E-state index < -0.39 is 18.6 Å². The summed E-state index contributed by atoms with van der Waals surface area (Å²) in [5.74, 6) is 0.170. The number of carbonyl (C=O) groups excluding carboxylic acids is 1. The quantitative estimate of drug-likeness (QED) is 0.605. The Hall–Kier alpha value is -3.16. The summed E-state index contributed by atoms with van der Waals surface area (Å²) >= 11 is 0. The second-order valence-corrected chi connectivity index (χ2v) is 5.97. The zero-order valence-electron chi connectivity index (χ0n) is 15.4. The van der Waals surface area contributed by atoms with Crippen molar-refractivity contribution < 1.29 is 32.2 Å². The number of benzene rings is 2. The van der Waals surface area contributed by atoms with Gasteiger partial charge < -0.3 is 19.2 Å². The van der Waals surface area contributed by atoms with Crippen LogP contribution in [0.5, 0.6) is 11.5 Å². The van der Waals surface area contributed by atoms with E-state index in [2.05, 4.69) is 9.72 Å². The topological polar surface area (TPSA) is 60.6 Å². The highest BCUT2D eigenvalue weighted by atomic mass is 19.3. The van der Waals surface area contributed by atoms with Gasteiger partial charge in [-0.15, -0.1) is 0 Å². The summed E-state index contributed by atoms with van der Waals surface area (Å²) in [6.07, 6.45) is -5.79. The van der Waals surface area contributed by atoms with Gasteiger partial charge in [0.25, 0.3) is 6.43 Å². The van der Waals surface area contributed by atoms with Crippen LogP contribution in [-0.2, 0) is 4.74 Å². The molecule has 0 radical (unpaired) electrons. The molecule has 0 aliphatic carbocycles. The minimum absolute atomic E-state index is 0.135. The molecule has 8 heteroatoms. The van der Waals surface area contributed by atoms with Gasteiger partial charge in [-0.05, 0) is 36.4 Å². The van der Waals surface area contributed by atoms with Crippen molar-refractivity contribution in [3.8, 4) is 22.8 Å². The maximum Gasteiger partial charge on any atom is 0.337 e. The van der Waals surface area contributed by atoms with Crippen LogP contribution in [0.15, 0.2) is 36.4 Å². The van der Waals surface area contributed by atoms with Crippen LogP contribution in [0.25, 0.3) is 22.2 Å². The number of alkyl halides is 3. The minimum atomic E-state index is -3.24. The van der Waals surface area contributed by atoms with Crippen LogP contribution in [0.1, 0.15) is 22.1 Å². The van der Waals surface area contributed by atoms with Crippen LogP contribution in [0.2, 0.25) is 0 Å². The Morgan fingerprint density at radius 3 is 2.29 bits per heavy atom. The predicted octanol–water partition coefficient (Wildman–Crippen LogP) is 4.91. The number of hydrogen-bond acceptors (Lipinski definition) is 4. The van der Waals surface area contributed by atoms with Crippen molar-refractivity contribution in [1.29, 1.82) is 0 Å². The largest absolute Gasteiger partial charge is 0.493 e. The van der Waals surface area contributed by atoms with E-state index in [4.69, 9.17) is 9.47 Å². The van der Waals surface area contributed by atoms with Crippen molar-refractivity contribution in [2.24, 2.45) is 0 Å². The lowest BCUT2D eigenvalue weighted by atomic mass is 10.00. The number of rotatable bonds is 6. The molecule has 1 N–H and O–H groups in total. The summed E-state index contributed by atoms with van der Waals surface area (Å²) in [5, 5.41) is 0.181. The zero-order valence-corrected chi connectivity index (χ0v) is 15.4. The number of aromatic amines is 1. The van der Waals surface area contributed by atoms with Crippen molar-refractivity contribution in [3.05, 3.63) is 47.5 Å². The number of H-pyrrole nitrogens is 1. The highest BCUT2D eigenvalue weighted by molar-refractivity contribution is 5.98. The van der Waals surface area contributed by atoms with Gasteiger partial charge in [0.05, 0.1) is 32.6 Å². The summed E-state index contributed by atoms with van der Waals surface area (Å²) in [4.78, 5) is 14.8. The van der Waals surface area contributed by atoms with E-state index in [-0.39, 0.29) is 22.2 Å². The SMILES string of the molecule is COC(=O)c1ccc2[nH]c(-c3ccc(OC)c(OC)c3)c(C(F)C(F)F)c2c1. The van der Waals surface area contributed by atoms with Crippen molar-refractivity contribution >= 4 is 16.9 Å². The Bertz CT molecular complexity index is 1020. The molecule has 2 aromatic carbocycles. The van der Waals surface area contributed by atoms with Gasteiger partial charge in [0.15, 0.2) is 17.7 Å². The number of ether oxygens (including phenoxy) is 3. The molecule has 3 aromatic rings. The van der Waals surface area contributed by atoms with Crippen LogP contribution in [0.3, 0.4) is 0 Å². The fraction of sp³-hybridized carbons (Fsp3) is 0.250. The summed E-state index contributed by atoms with van der Waals surface area (Å²) in [7, 11) is 4.11. The van der Waals surface area contributed by atoms with Gasteiger partial charge in [0, 0.05) is 22.0 Å². The standard InChI is InChI=1S/C20H18F3NO4/c1-26-14-7-5-10(9-15(14)27-2)18-16(17(21)19(22)23)12-8-11(20(25)28-3)4-6-13(12)24-18/h4-9,17,19,24H,1-3H3. The molecule has 1 unspecified atom stereocenters. The first-order valence-corrected chi connectivity index (χ1v) is 8.29. The van der Waals surface area contributed by atoms with Gasteiger partial charge in [0.1, 0.15) is 0 Å². The number of hydrogen-bond donors (Lipinski definition) is 1. The molecule has 5 nitrogen and oxygen atoms in total. The first-order valence-electron chi connectivity index (χ1n) is 8.29. The normalized spacial score (nSPS) is 12.2. The van der Waals surface area contributed by atoms with Gasteiger partial charge in [-0.2, -0.15) is 0 Å². The van der Waals surface area contributed by atoms with Crippen molar-refractivity contribution in [2.75, 3.05) is 21.3 Å². The van der Waals surface area contributed by atoms with E-state index in [1.165, 1.54) is 39.5 Å². The molecule has 0 aliphatic heterocycles. The van der Waals surface area contributed by atoms with Crippen LogP contribution in [0.4, 0.5) is 13.2 Å². The second-order valence-electron chi connectivity index (χ2n) is 5.97. The minimum Gasteiger partial charge on any atom is -0.493 e. The Morgan fingerprint density at radius 2 is 1.68 bits per heavy atom. The van der Waals surface area contributed by atoms with Crippen molar-refractivity contribution in [2.45, 2.75) is 12.6 Å².